The molecule has 1 fully saturated rings. The van der Waals surface area contributed by atoms with Gasteiger partial charge in [0.05, 0.1) is 6.10 Å². The van der Waals surface area contributed by atoms with Gasteiger partial charge in [0.2, 0.25) is 0 Å². The van der Waals surface area contributed by atoms with Crippen molar-refractivity contribution >= 4 is 7.85 Å². The molecule has 1 heterocycles. The SMILES string of the molecule is B[C@H]1C[C@@H](OC)[C@@H](N=[N+]=[N-])O1. The summed E-state index contributed by atoms with van der Waals surface area (Å²) in [6.45, 7) is 0. The second kappa shape index (κ2) is 3.62. The van der Waals surface area contributed by atoms with E-state index in [2.05, 4.69) is 10.0 Å². The zero-order valence-electron chi connectivity index (χ0n) is 6.60. The van der Waals surface area contributed by atoms with Crippen LogP contribution >= 0.6 is 0 Å². The second-order valence-electron chi connectivity index (χ2n) is 2.55. The van der Waals surface area contributed by atoms with E-state index in [0.29, 0.717) is 0 Å². The molecule has 1 aliphatic heterocycles. The molecule has 11 heavy (non-hydrogen) atoms. The predicted molar refractivity (Wildman–Crippen MR) is 41.8 cm³/mol. The Morgan fingerprint density at radius 3 is 3.09 bits per heavy atom. The molecule has 0 amide bonds. The maximum absolute atomic E-state index is 8.15. The topological polar surface area (TPSA) is 67.2 Å². The Balaban J connectivity index is 2.56. The molecule has 0 aromatic rings. The summed E-state index contributed by atoms with van der Waals surface area (Å²) in [4.78, 5) is 2.67. The minimum absolute atomic E-state index is 0.0825. The number of ether oxygens (including phenoxy) is 2. The van der Waals surface area contributed by atoms with E-state index in [-0.39, 0.29) is 12.1 Å². The van der Waals surface area contributed by atoms with Crippen LogP contribution in [0.5, 0.6) is 0 Å². The third-order valence-corrected chi connectivity index (χ3v) is 1.72. The van der Waals surface area contributed by atoms with E-state index in [1.807, 2.05) is 7.85 Å². The molecule has 0 bridgehead atoms. The van der Waals surface area contributed by atoms with Gasteiger partial charge in [0.15, 0.2) is 6.23 Å². The monoisotopic (exact) mass is 155 g/mol. The van der Waals surface area contributed by atoms with Crippen LogP contribution in [0.1, 0.15) is 6.42 Å². The molecule has 3 atom stereocenters. The molecule has 0 saturated carbocycles. The first-order valence-electron chi connectivity index (χ1n) is 3.50. The molecule has 0 aromatic carbocycles. The summed E-state index contributed by atoms with van der Waals surface area (Å²) in [5.74, 6) is 0. The van der Waals surface area contributed by atoms with Gasteiger partial charge in [-0.15, -0.1) is 0 Å². The number of methoxy groups -OCH3 is 1. The largest absolute Gasteiger partial charge is 0.379 e. The molecule has 60 valence electrons. The molecule has 0 radical (unpaired) electrons. The molecule has 0 spiro atoms. The standard InChI is InChI=1S/C5H10BN3O2/c1-10-3-2-4(6)11-5(3)8-9-7/h3-5H,2,6H2,1H3/t3-,4-,5+/m1/s1. The minimum Gasteiger partial charge on any atom is -0.379 e. The van der Waals surface area contributed by atoms with Crippen molar-refractivity contribution in [1.82, 2.24) is 0 Å². The van der Waals surface area contributed by atoms with Crippen molar-refractivity contribution in [3.63, 3.8) is 0 Å². The van der Waals surface area contributed by atoms with Gasteiger partial charge < -0.3 is 9.47 Å². The van der Waals surface area contributed by atoms with Crippen LogP contribution in [-0.2, 0) is 9.47 Å². The first-order chi connectivity index (χ1) is 5.27. The van der Waals surface area contributed by atoms with E-state index in [0.717, 1.165) is 6.42 Å². The van der Waals surface area contributed by atoms with Crippen molar-refractivity contribution in [2.75, 3.05) is 7.11 Å². The average Bonchev–Trinajstić information content (AvgIpc) is 2.32. The van der Waals surface area contributed by atoms with Crippen LogP contribution in [-0.4, -0.2) is 33.3 Å². The van der Waals surface area contributed by atoms with E-state index < -0.39 is 6.23 Å². The summed E-state index contributed by atoms with van der Waals surface area (Å²) in [6.07, 6.45) is 0.265. The molecule has 0 aromatic heterocycles. The lowest BCUT2D eigenvalue weighted by atomic mass is 9.96. The van der Waals surface area contributed by atoms with Gasteiger partial charge in [-0.2, -0.15) is 0 Å². The third kappa shape index (κ3) is 1.86. The molecule has 0 aliphatic carbocycles. The minimum atomic E-state index is -0.444. The van der Waals surface area contributed by atoms with E-state index in [1.165, 1.54) is 0 Å². The van der Waals surface area contributed by atoms with Gasteiger partial charge in [-0.05, 0) is 12.0 Å². The second-order valence-corrected chi connectivity index (χ2v) is 2.55. The molecule has 1 saturated heterocycles. The first-order valence-corrected chi connectivity index (χ1v) is 3.50. The van der Waals surface area contributed by atoms with E-state index >= 15 is 0 Å². The van der Waals surface area contributed by atoms with Crippen LogP contribution in [0.3, 0.4) is 0 Å². The number of azide groups is 1. The Morgan fingerprint density at radius 1 is 1.82 bits per heavy atom. The number of rotatable bonds is 2. The molecule has 6 heteroatoms. The van der Waals surface area contributed by atoms with Gasteiger partial charge in [0.25, 0.3) is 0 Å². The average molecular weight is 155 g/mol. The quantitative estimate of drug-likeness (QED) is 0.244. The van der Waals surface area contributed by atoms with Crippen molar-refractivity contribution in [3.8, 4) is 0 Å². The molecular weight excluding hydrogens is 145 g/mol. The van der Waals surface area contributed by atoms with Crippen molar-refractivity contribution < 1.29 is 9.47 Å². The summed E-state index contributed by atoms with van der Waals surface area (Å²) in [5, 5.41) is 3.46. The highest BCUT2D eigenvalue weighted by Gasteiger charge is 2.31. The fraction of sp³-hybridized carbons (Fsp3) is 1.00. The lowest BCUT2D eigenvalue weighted by Crippen LogP contribution is -2.19. The summed E-state index contributed by atoms with van der Waals surface area (Å²) in [7, 11) is 3.52. The predicted octanol–water partition coefficient (Wildman–Crippen LogP) is 0.0173. The maximum Gasteiger partial charge on any atom is 0.161 e. The van der Waals surface area contributed by atoms with Crippen LogP contribution in [0.15, 0.2) is 5.11 Å². The van der Waals surface area contributed by atoms with E-state index in [1.54, 1.807) is 7.11 Å². The van der Waals surface area contributed by atoms with Crippen molar-refractivity contribution in [1.29, 1.82) is 0 Å². The van der Waals surface area contributed by atoms with Crippen LogP contribution in [0.4, 0.5) is 0 Å². The summed E-state index contributed by atoms with van der Waals surface area (Å²) < 4.78 is 10.3. The van der Waals surface area contributed by atoms with E-state index in [4.69, 9.17) is 15.0 Å². The maximum atomic E-state index is 8.15. The summed E-state index contributed by atoms with van der Waals surface area (Å²) >= 11 is 0. The molecule has 5 nitrogen and oxygen atoms in total. The smallest absolute Gasteiger partial charge is 0.161 e. The fourth-order valence-electron chi connectivity index (χ4n) is 1.19. The Bertz CT molecular complexity index is 183. The normalized spacial score (nSPS) is 36.6. The van der Waals surface area contributed by atoms with Crippen LogP contribution in [0.2, 0.25) is 0 Å². The Morgan fingerprint density at radius 2 is 2.55 bits per heavy atom. The molecular formula is C5H10BN3O2. The van der Waals surface area contributed by atoms with Gasteiger partial charge in [0, 0.05) is 18.0 Å². The van der Waals surface area contributed by atoms with Gasteiger partial charge >= 0.3 is 0 Å². The molecule has 0 unspecified atom stereocenters. The zero-order valence-corrected chi connectivity index (χ0v) is 6.60. The van der Waals surface area contributed by atoms with Crippen molar-refractivity contribution in [3.05, 3.63) is 10.4 Å². The van der Waals surface area contributed by atoms with Crippen molar-refractivity contribution in [2.45, 2.75) is 24.8 Å². The lowest BCUT2D eigenvalue weighted by Gasteiger charge is -2.09. The number of nitrogens with zero attached hydrogens (tertiary/aromatic N) is 3. The molecule has 1 aliphatic rings. The summed E-state index contributed by atoms with van der Waals surface area (Å²) in [5.41, 5.74) is 8.15. The van der Waals surface area contributed by atoms with Crippen LogP contribution in [0, 0.1) is 0 Å². The van der Waals surface area contributed by atoms with Gasteiger partial charge in [-0.1, -0.05) is 5.11 Å². The Labute approximate surface area is 65.7 Å². The summed E-state index contributed by atoms with van der Waals surface area (Å²) in [6, 6.07) is 0.121. The highest BCUT2D eigenvalue weighted by Crippen LogP contribution is 2.21. The van der Waals surface area contributed by atoms with Crippen LogP contribution < -0.4 is 0 Å². The highest BCUT2D eigenvalue weighted by atomic mass is 16.6. The molecule has 0 N–H and O–H groups in total. The number of hydrogen-bond donors (Lipinski definition) is 0. The zero-order chi connectivity index (χ0) is 8.27. The van der Waals surface area contributed by atoms with Gasteiger partial charge in [-0.3, -0.25) is 0 Å². The number of hydrogen-bond acceptors (Lipinski definition) is 3. The Kier molecular flexibility index (Phi) is 2.76. The Hall–Kier alpha value is -0.705. The molecule has 1 rings (SSSR count). The third-order valence-electron chi connectivity index (χ3n) is 1.72. The fourth-order valence-corrected chi connectivity index (χ4v) is 1.19. The first kappa shape index (κ1) is 8.39. The van der Waals surface area contributed by atoms with Gasteiger partial charge in [-0.25, -0.2) is 0 Å². The van der Waals surface area contributed by atoms with Crippen LogP contribution in [0.25, 0.3) is 10.4 Å². The lowest BCUT2D eigenvalue weighted by molar-refractivity contribution is 0.0143. The van der Waals surface area contributed by atoms with Gasteiger partial charge in [0.1, 0.15) is 7.85 Å². The van der Waals surface area contributed by atoms with Crippen molar-refractivity contribution in [2.24, 2.45) is 5.11 Å². The highest BCUT2D eigenvalue weighted by molar-refractivity contribution is 6.11. The van der Waals surface area contributed by atoms with E-state index in [9.17, 15) is 0 Å².